The minimum absolute atomic E-state index is 0.136. The number of hydrogen-bond acceptors (Lipinski definition) is 3. The van der Waals surface area contributed by atoms with Gasteiger partial charge in [-0.05, 0) is 44.0 Å². The van der Waals surface area contributed by atoms with E-state index >= 15 is 0 Å². The van der Waals surface area contributed by atoms with Crippen molar-refractivity contribution < 1.29 is 4.21 Å². The van der Waals surface area contributed by atoms with Crippen LogP contribution in [0.5, 0.6) is 0 Å². The number of nitrogens with one attached hydrogen (secondary N) is 1. The van der Waals surface area contributed by atoms with Crippen molar-refractivity contribution in [1.82, 2.24) is 9.97 Å². The molecule has 1 N–H and O–H groups in total. The Kier molecular flexibility index (Phi) is 5.53. The molecule has 4 nitrogen and oxygen atoms in total. The lowest BCUT2D eigenvalue weighted by Gasteiger charge is -2.27. The van der Waals surface area contributed by atoms with Crippen LogP contribution in [0.1, 0.15) is 38.0 Å². The summed E-state index contributed by atoms with van der Waals surface area (Å²) in [4.78, 5) is 10.1. The second-order valence-corrected chi connectivity index (χ2v) is 7.83. The van der Waals surface area contributed by atoms with Gasteiger partial charge < -0.3 is 9.88 Å². The van der Waals surface area contributed by atoms with Crippen LogP contribution in [0.15, 0.2) is 53.7 Å². The number of H-pyrrole nitrogens is 1. The molecule has 25 heavy (non-hydrogen) atoms. The standard InChI is InChI=1S/C20H25N3OS/c1-4-14-23(5-2)19-13-9-6-10-16(19)15(3)25(24)20-21-17-11-7-8-12-18(17)22-20/h6-13,15H,4-5,14H2,1-3H3,(H,21,22). The van der Waals surface area contributed by atoms with Gasteiger partial charge in [0.05, 0.1) is 27.1 Å². The van der Waals surface area contributed by atoms with Gasteiger partial charge in [-0.15, -0.1) is 0 Å². The molecule has 0 aliphatic carbocycles. The largest absolute Gasteiger partial charge is 0.372 e. The number of rotatable bonds is 7. The molecule has 3 rings (SSSR count). The van der Waals surface area contributed by atoms with Gasteiger partial charge in [-0.2, -0.15) is 0 Å². The van der Waals surface area contributed by atoms with E-state index in [9.17, 15) is 4.21 Å². The van der Waals surface area contributed by atoms with E-state index in [0.717, 1.165) is 36.1 Å². The van der Waals surface area contributed by atoms with E-state index in [2.05, 4.69) is 40.8 Å². The molecule has 0 amide bonds. The van der Waals surface area contributed by atoms with Gasteiger partial charge in [0.15, 0.2) is 5.16 Å². The van der Waals surface area contributed by atoms with Crippen LogP contribution in [-0.2, 0) is 10.8 Å². The fraction of sp³-hybridized carbons (Fsp3) is 0.350. The number of aromatic nitrogens is 2. The Morgan fingerprint density at radius 2 is 1.84 bits per heavy atom. The second-order valence-electron chi connectivity index (χ2n) is 6.14. The molecule has 2 unspecified atom stereocenters. The molecule has 1 aromatic heterocycles. The Morgan fingerprint density at radius 1 is 1.12 bits per heavy atom. The molecule has 1 heterocycles. The van der Waals surface area contributed by atoms with Gasteiger partial charge in [0.2, 0.25) is 0 Å². The first kappa shape index (κ1) is 17.7. The van der Waals surface area contributed by atoms with Crippen molar-refractivity contribution >= 4 is 27.5 Å². The number of fused-ring (bicyclic) bond motifs is 1. The summed E-state index contributed by atoms with van der Waals surface area (Å²) in [5.41, 5.74) is 4.06. The normalized spacial score (nSPS) is 13.7. The average Bonchev–Trinajstić information content (AvgIpc) is 3.09. The van der Waals surface area contributed by atoms with Crippen LogP contribution in [-0.4, -0.2) is 27.3 Å². The Balaban J connectivity index is 1.94. The van der Waals surface area contributed by atoms with Gasteiger partial charge in [0.25, 0.3) is 0 Å². The Hall–Kier alpha value is -2.14. The number of imidazole rings is 1. The summed E-state index contributed by atoms with van der Waals surface area (Å²) in [6, 6.07) is 16.1. The third-order valence-electron chi connectivity index (χ3n) is 4.47. The van der Waals surface area contributed by atoms with Crippen LogP contribution >= 0.6 is 0 Å². The highest BCUT2D eigenvalue weighted by Crippen LogP contribution is 2.32. The van der Waals surface area contributed by atoms with Gasteiger partial charge in [0.1, 0.15) is 0 Å². The predicted molar refractivity (Wildman–Crippen MR) is 106 cm³/mol. The fourth-order valence-corrected chi connectivity index (χ4v) is 4.31. The molecule has 0 spiro atoms. The van der Waals surface area contributed by atoms with Gasteiger partial charge in [0, 0.05) is 18.8 Å². The van der Waals surface area contributed by atoms with Crippen molar-refractivity contribution in [2.24, 2.45) is 0 Å². The monoisotopic (exact) mass is 355 g/mol. The Labute approximate surface area is 151 Å². The third-order valence-corrected chi connectivity index (χ3v) is 5.94. The molecular formula is C20H25N3OS. The van der Waals surface area contributed by atoms with Crippen LogP contribution in [0, 0.1) is 0 Å². The molecule has 2 atom stereocenters. The highest BCUT2D eigenvalue weighted by Gasteiger charge is 2.22. The van der Waals surface area contributed by atoms with Crippen molar-refractivity contribution in [2.45, 2.75) is 37.6 Å². The zero-order chi connectivity index (χ0) is 17.8. The molecule has 5 heteroatoms. The summed E-state index contributed by atoms with van der Waals surface area (Å²) in [7, 11) is -1.24. The van der Waals surface area contributed by atoms with E-state index in [-0.39, 0.29) is 5.25 Å². The van der Waals surface area contributed by atoms with E-state index in [1.165, 1.54) is 5.69 Å². The Bertz CT molecular complexity index is 841. The van der Waals surface area contributed by atoms with E-state index in [1.54, 1.807) is 0 Å². The molecule has 132 valence electrons. The number of para-hydroxylation sites is 3. The van der Waals surface area contributed by atoms with E-state index in [1.807, 2.05) is 43.3 Å². The molecule has 0 aliphatic heterocycles. The molecule has 0 saturated heterocycles. The van der Waals surface area contributed by atoms with Gasteiger partial charge in [-0.25, -0.2) is 4.98 Å². The van der Waals surface area contributed by atoms with Gasteiger partial charge >= 0.3 is 0 Å². The van der Waals surface area contributed by atoms with E-state index in [4.69, 9.17) is 0 Å². The number of nitrogens with zero attached hydrogens (tertiary/aromatic N) is 2. The predicted octanol–water partition coefficient (Wildman–Crippen LogP) is 4.67. The maximum absolute atomic E-state index is 13.1. The molecule has 3 aromatic rings. The maximum atomic E-state index is 13.1. The highest BCUT2D eigenvalue weighted by molar-refractivity contribution is 7.85. The summed E-state index contributed by atoms with van der Waals surface area (Å²) < 4.78 is 13.1. The van der Waals surface area contributed by atoms with Crippen LogP contribution in [0.2, 0.25) is 0 Å². The quantitative estimate of drug-likeness (QED) is 0.670. The second kappa shape index (κ2) is 7.83. The lowest BCUT2D eigenvalue weighted by atomic mass is 10.1. The number of aromatic amines is 1. The molecule has 0 aliphatic rings. The van der Waals surface area contributed by atoms with Crippen LogP contribution in [0.25, 0.3) is 11.0 Å². The van der Waals surface area contributed by atoms with E-state index in [0.29, 0.717) is 5.16 Å². The summed E-state index contributed by atoms with van der Waals surface area (Å²) >= 11 is 0. The van der Waals surface area contributed by atoms with Gasteiger partial charge in [-0.3, -0.25) is 4.21 Å². The maximum Gasteiger partial charge on any atom is 0.198 e. The molecular weight excluding hydrogens is 330 g/mol. The van der Waals surface area contributed by atoms with E-state index < -0.39 is 10.8 Å². The van der Waals surface area contributed by atoms with Crippen molar-refractivity contribution in [3.63, 3.8) is 0 Å². The minimum atomic E-state index is -1.24. The summed E-state index contributed by atoms with van der Waals surface area (Å²) in [5, 5.41) is 0.407. The first-order valence-electron chi connectivity index (χ1n) is 8.84. The van der Waals surface area contributed by atoms with Crippen LogP contribution in [0.4, 0.5) is 5.69 Å². The number of anilines is 1. The highest BCUT2D eigenvalue weighted by atomic mass is 32.2. The molecule has 0 radical (unpaired) electrons. The summed E-state index contributed by atoms with van der Waals surface area (Å²) in [6.07, 6.45) is 1.09. The smallest absolute Gasteiger partial charge is 0.198 e. The zero-order valence-corrected chi connectivity index (χ0v) is 15.8. The molecule has 0 saturated carbocycles. The minimum Gasteiger partial charge on any atom is -0.372 e. The Morgan fingerprint density at radius 3 is 2.56 bits per heavy atom. The molecule has 0 fully saturated rings. The zero-order valence-electron chi connectivity index (χ0n) is 15.0. The number of hydrogen-bond donors (Lipinski definition) is 1. The van der Waals surface area contributed by atoms with Crippen molar-refractivity contribution in [3.8, 4) is 0 Å². The van der Waals surface area contributed by atoms with Crippen LogP contribution in [0.3, 0.4) is 0 Å². The SMILES string of the molecule is CCCN(CC)c1ccccc1C(C)S(=O)c1nc2ccccc2[nH]1. The fourth-order valence-electron chi connectivity index (χ4n) is 3.15. The van der Waals surface area contributed by atoms with Crippen molar-refractivity contribution in [1.29, 1.82) is 0 Å². The van der Waals surface area contributed by atoms with Gasteiger partial charge in [-0.1, -0.05) is 37.3 Å². The summed E-state index contributed by atoms with van der Waals surface area (Å²) in [6.45, 7) is 8.29. The summed E-state index contributed by atoms with van der Waals surface area (Å²) in [5.74, 6) is 0. The van der Waals surface area contributed by atoms with Crippen molar-refractivity contribution in [2.75, 3.05) is 18.0 Å². The average molecular weight is 356 g/mol. The molecule has 2 aromatic carbocycles. The third kappa shape index (κ3) is 3.61. The topological polar surface area (TPSA) is 49.0 Å². The first-order valence-corrected chi connectivity index (χ1v) is 10.1. The van der Waals surface area contributed by atoms with Crippen molar-refractivity contribution in [3.05, 3.63) is 54.1 Å². The first-order chi connectivity index (χ1) is 12.2. The van der Waals surface area contributed by atoms with Crippen LogP contribution < -0.4 is 4.90 Å². The molecule has 0 bridgehead atoms. The lowest BCUT2D eigenvalue weighted by molar-refractivity contribution is 0.670. The number of benzene rings is 2. The lowest BCUT2D eigenvalue weighted by Crippen LogP contribution is -2.25.